The summed E-state index contributed by atoms with van der Waals surface area (Å²) in [6.07, 6.45) is 12.1. The molecule has 0 saturated heterocycles. The van der Waals surface area contributed by atoms with Crippen LogP contribution in [0.1, 0.15) is 50.5 Å². The zero-order chi connectivity index (χ0) is 19.3. The topological polar surface area (TPSA) is 46.9 Å². The summed E-state index contributed by atoms with van der Waals surface area (Å²) in [5.74, 6) is 2.71. The molecule has 0 unspecified atom stereocenters. The Hall–Kier alpha value is -1.52. The van der Waals surface area contributed by atoms with Gasteiger partial charge in [0.1, 0.15) is 0 Å². The number of benzene rings is 1. The number of nitrogens with zero attached hydrogens (tertiary/aromatic N) is 2. The maximum absolute atomic E-state index is 12.8. The van der Waals surface area contributed by atoms with Crippen LogP contribution >= 0.6 is 23.2 Å². The lowest BCUT2D eigenvalue weighted by atomic mass is 9.49. The minimum Gasteiger partial charge on any atom is -0.323 e. The van der Waals surface area contributed by atoms with E-state index in [0.29, 0.717) is 23.0 Å². The lowest BCUT2D eigenvalue weighted by Gasteiger charge is -2.56. The number of nitrogens with one attached hydrogen (secondary N) is 1. The van der Waals surface area contributed by atoms with Crippen molar-refractivity contribution < 1.29 is 4.79 Å². The highest BCUT2D eigenvalue weighted by Gasteiger charge is 2.51. The van der Waals surface area contributed by atoms with Gasteiger partial charge in [0, 0.05) is 28.2 Å². The summed E-state index contributed by atoms with van der Waals surface area (Å²) in [4.78, 5) is 12.8. The second-order valence-corrected chi connectivity index (χ2v) is 10.1. The second-order valence-electron chi connectivity index (χ2n) is 9.27. The highest BCUT2D eigenvalue weighted by Crippen LogP contribution is 2.61. The van der Waals surface area contributed by atoms with Crippen LogP contribution in [-0.4, -0.2) is 15.7 Å². The zero-order valence-corrected chi connectivity index (χ0v) is 17.3. The van der Waals surface area contributed by atoms with Crippen LogP contribution in [0.5, 0.6) is 0 Å². The quantitative estimate of drug-likeness (QED) is 0.669. The molecule has 4 saturated carbocycles. The lowest BCUT2D eigenvalue weighted by molar-refractivity contribution is -0.124. The Labute approximate surface area is 175 Å². The summed E-state index contributed by atoms with van der Waals surface area (Å²) < 4.78 is 1.76. The van der Waals surface area contributed by atoms with E-state index >= 15 is 0 Å². The van der Waals surface area contributed by atoms with E-state index in [1.807, 2.05) is 24.4 Å². The Morgan fingerprint density at radius 2 is 1.71 bits per heavy atom. The highest BCUT2D eigenvalue weighted by molar-refractivity contribution is 6.35. The molecule has 0 radical (unpaired) electrons. The van der Waals surface area contributed by atoms with Crippen molar-refractivity contribution in [2.24, 2.45) is 23.2 Å². The molecule has 1 aromatic heterocycles. The summed E-state index contributed by atoms with van der Waals surface area (Å²) >= 11 is 12.5. The third kappa shape index (κ3) is 3.57. The van der Waals surface area contributed by atoms with Gasteiger partial charge < -0.3 is 5.32 Å². The van der Waals surface area contributed by atoms with Crippen LogP contribution in [0, 0.1) is 23.2 Å². The van der Waals surface area contributed by atoms with E-state index in [0.717, 1.165) is 29.0 Å². The number of hydrogen-bond acceptors (Lipinski definition) is 2. The second kappa shape index (κ2) is 7.07. The molecule has 1 N–H and O–H groups in total. The largest absolute Gasteiger partial charge is 0.323 e. The van der Waals surface area contributed by atoms with E-state index in [4.69, 9.17) is 23.2 Å². The number of hydrogen-bond donors (Lipinski definition) is 1. The summed E-state index contributed by atoms with van der Waals surface area (Å²) in [7, 11) is 0. The summed E-state index contributed by atoms with van der Waals surface area (Å²) in [5.41, 5.74) is 1.82. The molecule has 0 spiro atoms. The lowest BCUT2D eigenvalue weighted by Crippen LogP contribution is -2.47. The molecule has 4 aliphatic carbocycles. The van der Waals surface area contributed by atoms with Crippen LogP contribution in [0.15, 0.2) is 30.6 Å². The predicted octanol–water partition coefficient (Wildman–Crippen LogP) is 5.78. The number of carbonyl (C=O) groups excluding carboxylic acids is 1. The first-order valence-electron chi connectivity index (χ1n) is 10.2. The van der Waals surface area contributed by atoms with E-state index in [9.17, 15) is 4.79 Å². The van der Waals surface area contributed by atoms with Crippen molar-refractivity contribution in [3.05, 3.63) is 46.2 Å². The molecule has 4 aliphatic rings. The van der Waals surface area contributed by atoms with Crippen molar-refractivity contribution in [2.45, 2.75) is 51.5 Å². The molecular weight excluding hydrogens is 393 g/mol. The molecule has 1 heterocycles. The van der Waals surface area contributed by atoms with Crippen LogP contribution in [0.4, 0.5) is 5.69 Å². The van der Waals surface area contributed by atoms with E-state index in [1.165, 1.54) is 38.5 Å². The minimum atomic E-state index is 0.122. The molecule has 6 heteroatoms. The average Bonchev–Trinajstić information content (AvgIpc) is 3.03. The summed E-state index contributed by atoms with van der Waals surface area (Å²) in [6.45, 7) is 0.476. The molecule has 1 aromatic carbocycles. The normalized spacial score (nSPS) is 30.6. The van der Waals surface area contributed by atoms with Gasteiger partial charge in [-0.15, -0.1) is 0 Å². The van der Waals surface area contributed by atoms with Gasteiger partial charge in [-0.2, -0.15) is 5.10 Å². The van der Waals surface area contributed by atoms with Crippen molar-refractivity contribution in [3.63, 3.8) is 0 Å². The smallest absolute Gasteiger partial charge is 0.225 e. The van der Waals surface area contributed by atoms with E-state index in [-0.39, 0.29) is 11.3 Å². The Bertz CT molecular complexity index is 851. The molecule has 6 rings (SSSR count). The van der Waals surface area contributed by atoms with E-state index < -0.39 is 0 Å². The Kier molecular flexibility index (Phi) is 4.67. The molecular formula is C22H25Cl2N3O. The first-order chi connectivity index (χ1) is 13.5. The van der Waals surface area contributed by atoms with E-state index in [1.54, 1.807) is 10.9 Å². The third-order valence-electron chi connectivity index (χ3n) is 7.00. The molecule has 4 nitrogen and oxygen atoms in total. The zero-order valence-electron chi connectivity index (χ0n) is 15.8. The maximum Gasteiger partial charge on any atom is 0.225 e. The standard InChI is InChI=1S/C22H25Cl2N3O/c23-19-2-1-3-20(24)18(19)13-27-12-17(11-25-27)26-21(28)10-22-7-14-4-15(8-22)6-16(5-14)9-22/h1-3,11-12,14-16H,4-10,13H2,(H,26,28). The van der Waals surface area contributed by atoms with Gasteiger partial charge in [-0.25, -0.2) is 0 Å². The summed E-state index contributed by atoms with van der Waals surface area (Å²) in [5, 5.41) is 8.66. The summed E-state index contributed by atoms with van der Waals surface area (Å²) in [6, 6.07) is 5.47. The highest BCUT2D eigenvalue weighted by atomic mass is 35.5. The number of carbonyl (C=O) groups is 1. The Balaban J connectivity index is 1.23. The molecule has 0 atom stereocenters. The van der Waals surface area contributed by atoms with Gasteiger partial charge in [-0.05, 0) is 73.8 Å². The molecule has 4 bridgehead atoms. The monoisotopic (exact) mass is 417 g/mol. The van der Waals surface area contributed by atoms with Crippen LogP contribution in [0.3, 0.4) is 0 Å². The van der Waals surface area contributed by atoms with Crippen molar-refractivity contribution in [1.29, 1.82) is 0 Å². The SMILES string of the molecule is O=C(CC12CC3CC(CC(C3)C1)C2)Nc1cnn(Cc2c(Cl)cccc2Cl)c1. The van der Waals surface area contributed by atoms with Crippen LogP contribution in [0.2, 0.25) is 10.0 Å². The Morgan fingerprint density at radius 1 is 1.11 bits per heavy atom. The fourth-order valence-corrected chi connectivity index (χ4v) is 6.93. The van der Waals surface area contributed by atoms with Crippen molar-refractivity contribution >= 4 is 34.8 Å². The van der Waals surface area contributed by atoms with E-state index in [2.05, 4.69) is 10.4 Å². The molecule has 148 valence electrons. The molecule has 28 heavy (non-hydrogen) atoms. The average molecular weight is 418 g/mol. The number of aromatic nitrogens is 2. The number of halogens is 2. The van der Waals surface area contributed by atoms with Gasteiger partial charge >= 0.3 is 0 Å². The number of rotatable bonds is 5. The molecule has 1 amide bonds. The molecule has 4 fully saturated rings. The van der Waals surface area contributed by atoms with Crippen LogP contribution in [-0.2, 0) is 11.3 Å². The van der Waals surface area contributed by atoms with Gasteiger partial charge in [0.05, 0.1) is 18.4 Å². The van der Waals surface area contributed by atoms with Crippen LogP contribution in [0.25, 0.3) is 0 Å². The van der Waals surface area contributed by atoms with Crippen molar-refractivity contribution in [3.8, 4) is 0 Å². The van der Waals surface area contributed by atoms with Crippen molar-refractivity contribution in [2.75, 3.05) is 5.32 Å². The maximum atomic E-state index is 12.8. The van der Waals surface area contributed by atoms with Crippen molar-refractivity contribution in [1.82, 2.24) is 9.78 Å². The number of anilines is 1. The fourth-order valence-electron chi connectivity index (χ4n) is 6.41. The van der Waals surface area contributed by atoms with Gasteiger partial charge in [0.25, 0.3) is 0 Å². The first-order valence-corrected chi connectivity index (χ1v) is 11.0. The first kappa shape index (κ1) is 18.5. The predicted molar refractivity (Wildman–Crippen MR) is 112 cm³/mol. The Morgan fingerprint density at radius 3 is 2.32 bits per heavy atom. The van der Waals surface area contributed by atoms with Gasteiger partial charge in [0.2, 0.25) is 5.91 Å². The van der Waals surface area contributed by atoms with Gasteiger partial charge in [-0.1, -0.05) is 29.3 Å². The third-order valence-corrected chi connectivity index (χ3v) is 7.71. The van der Waals surface area contributed by atoms with Gasteiger partial charge in [0.15, 0.2) is 0 Å². The number of amides is 1. The fraction of sp³-hybridized carbons (Fsp3) is 0.545. The molecule has 2 aromatic rings. The molecule has 0 aliphatic heterocycles. The van der Waals surface area contributed by atoms with Gasteiger partial charge in [-0.3, -0.25) is 9.48 Å². The minimum absolute atomic E-state index is 0.122. The van der Waals surface area contributed by atoms with Crippen LogP contribution < -0.4 is 5.32 Å².